The summed E-state index contributed by atoms with van der Waals surface area (Å²) in [6.45, 7) is 4.78. The minimum Gasteiger partial charge on any atom is -0.366 e. The molecule has 8 nitrogen and oxygen atoms in total. The molecular formula is C19H19N7O. The molecule has 3 heterocycles. The molecule has 0 bridgehead atoms. The van der Waals surface area contributed by atoms with E-state index in [9.17, 15) is 0 Å². The van der Waals surface area contributed by atoms with Gasteiger partial charge in [0.1, 0.15) is 18.5 Å². The van der Waals surface area contributed by atoms with Crippen LogP contribution in [0.15, 0.2) is 59.8 Å². The second-order valence-electron chi connectivity index (χ2n) is 6.33. The summed E-state index contributed by atoms with van der Waals surface area (Å²) in [6.07, 6.45) is 4.94. The van der Waals surface area contributed by atoms with E-state index in [0.29, 0.717) is 18.3 Å². The van der Waals surface area contributed by atoms with E-state index in [1.807, 2.05) is 43.3 Å². The summed E-state index contributed by atoms with van der Waals surface area (Å²) in [4.78, 5) is 12.9. The predicted octanol–water partition coefficient (Wildman–Crippen LogP) is 3.20. The van der Waals surface area contributed by atoms with Gasteiger partial charge in [0.05, 0.1) is 12.1 Å². The third-order valence-electron chi connectivity index (χ3n) is 4.14. The summed E-state index contributed by atoms with van der Waals surface area (Å²) < 4.78 is 7.19. The largest absolute Gasteiger partial charge is 0.366 e. The number of aromatic nitrogens is 6. The Bertz CT molecular complexity index is 1010. The molecule has 0 saturated heterocycles. The number of hydrogen-bond acceptors (Lipinski definition) is 7. The molecule has 136 valence electrons. The van der Waals surface area contributed by atoms with Gasteiger partial charge in [-0.05, 0) is 31.5 Å². The van der Waals surface area contributed by atoms with Crippen LogP contribution >= 0.6 is 0 Å². The number of rotatable bonds is 6. The minimum absolute atomic E-state index is 0.154. The van der Waals surface area contributed by atoms with Gasteiger partial charge in [0.25, 0.3) is 5.89 Å². The number of anilines is 1. The minimum atomic E-state index is 0.154. The van der Waals surface area contributed by atoms with Gasteiger partial charge in [-0.2, -0.15) is 10.1 Å². The molecule has 1 unspecified atom stereocenters. The van der Waals surface area contributed by atoms with E-state index >= 15 is 0 Å². The summed E-state index contributed by atoms with van der Waals surface area (Å²) in [5, 5.41) is 11.5. The molecule has 8 heteroatoms. The average Bonchev–Trinajstić information content (AvgIpc) is 3.35. The Balaban J connectivity index is 1.46. The molecule has 0 aliphatic rings. The number of benzene rings is 1. The fourth-order valence-corrected chi connectivity index (χ4v) is 2.79. The fraction of sp³-hybridized carbons (Fsp3) is 0.211. The van der Waals surface area contributed by atoms with Crippen molar-refractivity contribution in [2.45, 2.75) is 26.4 Å². The van der Waals surface area contributed by atoms with Gasteiger partial charge >= 0.3 is 0 Å². The van der Waals surface area contributed by atoms with Gasteiger partial charge in [-0.1, -0.05) is 29.4 Å². The molecule has 1 atom stereocenters. The van der Waals surface area contributed by atoms with Crippen molar-refractivity contribution in [2.75, 3.05) is 5.32 Å². The van der Waals surface area contributed by atoms with Crippen LogP contribution in [-0.2, 0) is 6.54 Å². The first-order valence-corrected chi connectivity index (χ1v) is 8.64. The highest BCUT2D eigenvalue weighted by Crippen LogP contribution is 2.24. The lowest BCUT2D eigenvalue weighted by Crippen LogP contribution is -2.22. The molecule has 27 heavy (non-hydrogen) atoms. The second-order valence-corrected chi connectivity index (χ2v) is 6.33. The quantitative estimate of drug-likeness (QED) is 0.563. The molecule has 4 rings (SSSR count). The highest BCUT2D eigenvalue weighted by molar-refractivity contribution is 5.62. The molecule has 0 spiro atoms. The van der Waals surface area contributed by atoms with Crippen molar-refractivity contribution in [1.82, 2.24) is 29.9 Å². The van der Waals surface area contributed by atoms with E-state index in [1.54, 1.807) is 17.2 Å². The molecule has 1 N–H and O–H groups in total. The van der Waals surface area contributed by atoms with E-state index in [-0.39, 0.29) is 6.04 Å². The summed E-state index contributed by atoms with van der Waals surface area (Å²) in [5.41, 5.74) is 2.83. The number of nitrogens with one attached hydrogen (secondary N) is 1. The fourth-order valence-electron chi connectivity index (χ4n) is 2.79. The van der Waals surface area contributed by atoms with Gasteiger partial charge in [0, 0.05) is 17.8 Å². The Labute approximate surface area is 156 Å². The SMILES string of the molecule is Cc1ccccc1-c1noc(-c2ccc(NC(C)Cn3cncn3)nc2)n1. The monoisotopic (exact) mass is 361 g/mol. The normalized spacial score (nSPS) is 12.1. The van der Waals surface area contributed by atoms with E-state index in [4.69, 9.17) is 4.52 Å². The zero-order valence-electron chi connectivity index (χ0n) is 15.1. The van der Waals surface area contributed by atoms with E-state index < -0.39 is 0 Å². The standard InChI is InChI=1S/C19H19N7O/c1-13-5-3-4-6-16(13)18-24-19(27-25-18)15-7-8-17(21-9-15)23-14(2)10-26-12-20-11-22-26/h3-9,11-12,14H,10H2,1-2H3,(H,21,23). The summed E-state index contributed by atoms with van der Waals surface area (Å²) in [6, 6.07) is 11.9. The van der Waals surface area contributed by atoms with E-state index in [0.717, 1.165) is 22.5 Å². The zero-order valence-corrected chi connectivity index (χ0v) is 15.1. The predicted molar refractivity (Wildman–Crippen MR) is 101 cm³/mol. The van der Waals surface area contributed by atoms with Crippen LogP contribution in [0.3, 0.4) is 0 Å². The molecule has 3 aromatic heterocycles. The lowest BCUT2D eigenvalue weighted by atomic mass is 10.1. The van der Waals surface area contributed by atoms with Crippen LogP contribution in [-0.4, -0.2) is 35.9 Å². The van der Waals surface area contributed by atoms with Crippen LogP contribution in [0.5, 0.6) is 0 Å². The van der Waals surface area contributed by atoms with Crippen LogP contribution < -0.4 is 5.32 Å². The number of nitrogens with zero attached hydrogens (tertiary/aromatic N) is 6. The van der Waals surface area contributed by atoms with Crippen molar-refractivity contribution in [3.05, 3.63) is 60.8 Å². The number of hydrogen-bond donors (Lipinski definition) is 1. The van der Waals surface area contributed by atoms with Crippen LogP contribution in [0.1, 0.15) is 12.5 Å². The van der Waals surface area contributed by atoms with Gasteiger partial charge in [-0.3, -0.25) is 4.68 Å². The first-order valence-electron chi connectivity index (χ1n) is 8.64. The molecular weight excluding hydrogens is 342 g/mol. The van der Waals surface area contributed by atoms with Gasteiger partial charge in [0.15, 0.2) is 0 Å². The third-order valence-corrected chi connectivity index (χ3v) is 4.14. The highest BCUT2D eigenvalue weighted by Gasteiger charge is 2.13. The molecule has 0 fully saturated rings. The summed E-state index contributed by atoms with van der Waals surface area (Å²) in [5.74, 6) is 1.79. The van der Waals surface area contributed by atoms with Crippen LogP contribution in [0.4, 0.5) is 5.82 Å². The number of pyridine rings is 1. The molecule has 0 aliphatic heterocycles. The van der Waals surface area contributed by atoms with Crippen molar-refractivity contribution in [3.63, 3.8) is 0 Å². The van der Waals surface area contributed by atoms with Crippen molar-refractivity contribution >= 4 is 5.82 Å². The smallest absolute Gasteiger partial charge is 0.259 e. The van der Waals surface area contributed by atoms with Gasteiger partial charge < -0.3 is 9.84 Å². The Kier molecular flexibility index (Phi) is 4.61. The molecule has 4 aromatic rings. The molecule has 0 saturated carbocycles. The Hall–Kier alpha value is -3.55. The number of aryl methyl sites for hydroxylation is 1. The first-order chi connectivity index (χ1) is 13.2. The molecule has 0 aliphatic carbocycles. The average molecular weight is 361 g/mol. The van der Waals surface area contributed by atoms with E-state index in [2.05, 4.69) is 37.4 Å². The molecule has 0 amide bonds. The maximum atomic E-state index is 5.41. The molecule has 0 radical (unpaired) electrons. The Morgan fingerprint density at radius 3 is 2.81 bits per heavy atom. The topological polar surface area (TPSA) is 94.6 Å². The Morgan fingerprint density at radius 2 is 2.07 bits per heavy atom. The first kappa shape index (κ1) is 16.9. The van der Waals surface area contributed by atoms with Crippen molar-refractivity contribution in [3.8, 4) is 22.8 Å². The van der Waals surface area contributed by atoms with Crippen LogP contribution in [0.25, 0.3) is 22.8 Å². The second kappa shape index (κ2) is 7.36. The lowest BCUT2D eigenvalue weighted by molar-refractivity contribution is 0.432. The third kappa shape index (κ3) is 3.84. The summed E-state index contributed by atoms with van der Waals surface area (Å²) in [7, 11) is 0. The maximum Gasteiger partial charge on any atom is 0.259 e. The van der Waals surface area contributed by atoms with Gasteiger partial charge in [0.2, 0.25) is 5.82 Å². The van der Waals surface area contributed by atoms with E-state index in [1.165, 1.54) is 6.33 Å². The van der Waals surface area contributed by atoms with Gasteiger partial charge in [-0.25, -0.2) is 9.97 Å². The van der Waals surface area contributed by atoms with Crippen LogP contribution in [0.2, 0.25) is 0 Å². The summed E-state index contributed by atoms with van der Waals surface area (Å²) >= 11 is 0. The van der Waals surface area contributed by atoms with Crippen LogP contribution in [0, 0.1) is 6.92 Å². The van der Waals surface area contributed by atoms with Crippen molar-refractivity contribution < 1.29 is 4.52 Å². The zero-order chi connectivity index (χ0) is 18.6. The Morgan fingerprint density at radius 1 is 1.19 bits per heavy atom. The lowest BCUT2D eigenvalue weighted by Gasteiger charge is -2.14. The maximum absolute atomic E-state index is 5.41. The van der Waals surface area contributed by atoms with Crippen molar-refractivity contribution in [2.24, 2.45) is 0 Å². The molecule has 1 aromatic carbocycles. The van der Waals surface area contributed by atoms with Gasteiger partial charge in [-0.15, -0.1) is 0 Å². The highest BCUT2D eigenvalue weighted by atomic mass is 16.5. The van der Waals surface area contributed by atoms with Crippen molar-refractivity contribution in [1.29, 1.82) is 0 Å².